The molecule has 4 unspecified atom stereocenters. The van der Waals surface area contributed by atoms with Gasteiger partial charge >= 0.3 is 6.18 Å². The summed E-state index contributed by atoms with van der Waals surface area (Å²) in [6.45, 7) is 0. The van der Waals surface area contributed by atoms with Crippen LogP contribution in [0.1, 0.15) is 43.2 Å². The molecule has 2 aliphatic rings. The molecule has 0 nitrogen and oxygen atoms in total. The number of halogens is 4. The van der Waals surface area contributed by atoms with Gasteiger partial charge in [0.1, 0.15) is 0 Å². The van der Waals surface area contributed by atoms with E-state index in [1.165, 1.54) is 37.8 Å². The molecule has 0 saturated heterocycles. The molecule has 0 heterocycles. The van der Waals surface area contributed by atoms with Gasteiger partial charge in [-0.1, -0.05) is 34.5 Å². The summed E-state index contributed by atoms with van der Waals surface area (Å²) < 4.78 is 37.6. The van der Waals surface area contributed by atoms with Crippen molar-refractivity contribution in [2.24, 2.45) is 17.8 Å². The Hall–Kier alpha value is -0.510. The summed E-state index contributed by atoms with van der Waals surface area (Å²) in [6, 6.07) is 5.59. The number of alkyl halides is 4. The SMILES string of the molecule is FC(F)(F)c1ccc(CC(Br)CC2CC3CCC2C3)cc1. The lowest BCUT2D eigenvalue weighted by atomic mass is 9.85. The van der Waals surface area contributed by atoms with E-state index in [2.05, 4.69) is 15.9 Å². The standard InChI is InChI=1S/C17H20BrF3/c18-16(10-14-8-12-1-4-13(14)7-12)9-11-2-5-15(6-3-11)17(19,20)21/h2-3,5-6,12-14,16H,1,4,7-10H2. The Labute approximate surface area is 132 Å². The maximum absolute atomic E-state index is 12.5. The molecular weight excluding hydrogens is 341 g/mol. The van der Waals surface area contributed by atoms with Crippen molar-refractivity contribution < 1.29 is 13.2 Å². The van der Waals surface area contributed by atoms with Crippen LogP contribution in [0, 0.1) is 17.8 Å². The molecule has 0 radical (unpaired) electrons. The van der Waals surface area contributed by atoms with Crippen molar-refractivity contribution in [3.63, 3.8) is 0 Å². The topological polar surface area (TPSA) is 0 Å². The molecule has 2 saturated carbocycles. The third-order valence-electron chi connectivity index (χ3n) is 5.18. The predicted molar refractivity (Wildman–Crippen MR) is 81.4 cm³/mol. The zero-order chi connectivity index (χ0) is 15.0. The van der Waals surface area contributed by atoms with Gasteiger partial charge in [0.15, 0.2) is 0 Å². The first kappa shape index (κ1) is 15.4. The minimum absolute atomic E-state index is 0.374. The van der Waals surface area contributed by atoms with Crippen LogP contribution in [0.15, 0.2) is 24.3 Å². The van der Waals surface area contributed by atoms with Crippen molar-refractivity contribution >= 4 is 15.9 Å². The van der Waals surface area contributed by atoms with E-state index in [1.807, 2.05) is 0 Å². The van der Waals surface area contributed by atoms with Crippen LogP contribution in [-0.2, 0) is 12.6 Å². The highest BCUT2D eigenvalue weighted by Crippen LogP contribution is 2.50. The van der Waals surface area contributed by atoms with Gasteiger partial charge in [0.25, 0.3) is 0 Å². The summed E-state index contributed by atoms with van der Waals surface area (Å²) in [5, 5.41) is 0. The van der Waals surface area contributed by atoms with Crippen LogP contribution in [-0.4, -0.2) is 4.83 Å². The van der Waals surface area contributed by atoms with Gasteiger partial charge in [-0.15, -0.1) is 0 Å². The Morgan fingerprint density at radius 3 is 2.33 bits per heavy atom. The molecule has 1 aromatic rings. The number of fused-ring (bicyclic) bond motifs is 2. The monoisotopic (exact) mass is 360 g/mol. The Morgan fingerprint density at radius 1 is 1.10 bits per heavy atom. The van der Waals surface area contributed by atoms with Crippen molar-refractivity contribution in [2.75, 3.05) is 0 Å². The van der Waals surface area contributed by atoms with Gasteiger partial charge in [0.2, 0.25) is 0 Å². The van der Waals surface area contributed by atoms with E-state index in [4.69, 9.17) is 0 Å². The van der Waals surface area contributed by atoms with Crippen LogP contribution in [0.25, 0.3) is 0 Å². The van der Waals surface area contributed by atoms with E-state index in [-0.39, 0.29) is 0 Å². The number of rotatable bonds is 4. The molecule has 21 heavy (non-hydrogen) atoms. The highest BCUT2D eigenvalue weighted by atomic mass is 79.9. The van der Waals surface area contributed by atoms with Crippen LogP contribution in [0.4, 0.5) is 13.2 Å². The third kappa shape index (κ3) is 3.64. The number of hydrogen-bond donors (Lipinski definition) is 0. The van der Waals surface area contributed by atoms with Gasteiger partial charge in [-0.25, -0.2) is 0 Å². The predicted octanol–water partition coefficient (Wildman–Crippen LogP) is 5.84. The summed E-state index contributed by atoms with van der Waals surface area (Å²) in [6.07, 6.45) is 3.29. The maximum Gasteiger partial charge on any atom is 0.416 e. The molecule has 0 aliphatic heterocycles. The van der Waals surface area contributed by atoms with Gasteiger partial charge in [-0.2, -0.15) is 13.2 Å². The van der Waals surface area contributed by atoms with E-state index >= 15 is 0 Å². The Bertz CT molecular complexity index is 480. The van der Waals surface area contributed by atoms with Gasteiger partial charge in [-0.05, 0) is 67.6 Å². The zero-order valence-electron chi connectivity index (χ0n) is 11.9. The maximum atomic E-state index is 12.5. The fourth-order valence-corrected chi connectivity index (χ4v) is 5.02. The van der Waals surface area contributed by atoms with Gasteiger partial charge in [0, 0.05) is 4.83 Å². The molecule has 0 aromatic heterocycles. The summed E-state index contributed by atoms with van der Waals surface area (Å²) in [5.74, 6) is 2.68. The Morgan fingerprint density at radius 2 is 1.81 bits per heavy atom. The minimum Gasteiger partial charge on any atom is -0.166 e. The molecule has 2 bridgehead atoms. The van der Waals surface area contributed by atoms with Crippen molar-refractivity contribution in [1.82, 2.24) is 0 Å². The van der Waals surface area contributed by atoms with Crippen molar-refractivity contribution in [2.45, 2.75) is 49.5 Å². The highest BCUT2D eigenvalue weighted by molar-refractivity contribution is 9.09. The zero-order valence-corrected chi connectivity index (χ0v) is 13.5. The fraction of sp³-hybridized carbons (Fsp3) is 0.647. The first-order chi connectivity index (χ1) is 9.91. The normalized spacial score (nSPS) is 29.8. The van der Waals surface area contributed by atoms with Crippen LogP contribution in [0.5, 0.6) is 0 Å². The van der Waals surface area contributed by atoms with Crippen molar-refractivity contribution in [1.29, 1.82) is 0 Å². The molecule has 0 spiro atoms. The second-order valence-corrected chi connectivity index (χ2v) is 7.96. The van der Waals surface area contributed by atoms with Crippen LogP contribution in [0.3, 0.4) is 0 Å². The van der Waals surface area contributed by atoms with Gasteiger partial charge in [-0.3, -0.25) is 0 Å². The van der Waals surface area contributed by atoms with Crippen molar-refractivity contribution in [3.05, 3.63) is 35.4 Å². The molecule has 2 aliphatic carbocycles. The van der Waals surface area contributed by atoms with Crippen LogP contribution >= 0.6 is 15.9 Å². The average molecular weight is 361 g/mol. The van der Waals surface area contributed by atoms with E-state index in [0.717, 1.165) is 36.2 Å². The molecule has 4 heteroatoms. The highest BCUT2D eigenvalue weighted by Gasteiger charge is 2.39. The molecule has 116 valence electrons. The molecule has 3 rings (SSSR count). The van der Waals surface area contributed by atoms with E-state index in [1.54, 1.807) is 12.1 Å². The van der Waals surface area contributed by atoms with Gasteiger partial charge < -0.3 is 0 Å². The van der Waals surface area contributed by atoms with E-state index < -0.39 is 11.7 Å². The lowest BCUT2D eigenvalue weighted by Gasteiger charge is -2.24. The second-order valence-electron chi connectivity index (χ2n) is 6.67. The second kappa shape index (κ2) is 5.94. The largest absolute Gasteiger partial charge is 0.416 e. The number of benzene rings is 1. The van der Waals surface area contributed by atoms with Gasteiger partial charge in [0.05, 0.1) is 5.56 Å². The van der Waals surface area contributed by atoms with E-state index in [0.29, 0.717) is 4.83 Å². The molecule has 2 fully saturated rings. The molecular formula is C17H20BrF3. The molecule has 1 aromatic carbocycles. The summed E-state index contributed by atoms with van der Waals surface area (Å²) in [7, 11) is 0. The lowest BCUT2D eigenvalue weighted by Crippen LogP contribution is -2.16. The Kier molecular flexibility index (Phi) is 4.35. The first-order valence-electron chi connectivity index (χ1n) is 7.72. The molecule has 0 N–H and O–H groups in total. The molecule has 0 amide bonds. The summed E-state index contributed by atoms with van der Waals surface area (Å²) in [4.78, 5) is 0.374. The van der Waals surface area contributed by atoms with Crippen molar-refractivity contribution in [3.8, 4) is 0 Å². The van der Waals surface area contributed by atoms with Crippen LogP contribution in [0.2, 0.25) is 0 Å². The molecule has 4 atom stereocenters. The van der Waals surface area contributed by atoms with Crippen LogP contribution < -0.4 is 0 Å². The lowest BCUT2D eigenvalue weighted by molar-refractivity contribution is -0.137. The quantitative estimate of drug-likeness (QED) is 0.591. The fourth-order valence-electron chi connectivity index (χ4n) is 4.16. The summed E-state index contributed by atoms with van der Waals surface area (Å²) in [5.41, 5.74) is 0.415. The van der Waals surface area contributed by atoms with E-state index in [9.17, 15) is 13.2 Å². The number of hydrogen-bond acceptors (Lipinski definition) is 0. The smallest absolute Gasteiger partial charge is 0.166 e. The third-order valence-corrected chi connectivity index (χ3v) is 5.88. The minimum atomic E-state index is -4.24. The first-order valence-corrected chi connectivity index (χ1v) is 8.63. The summed E-state index contributed by atoms with van der Waals surface area (Å²) >= 11 is 3.73. The Balaban J connectivity index is 1.54. The average Bonchev–Trinajstić information content (AvgIpc) is 3.00.